The Balaban J connectivity index is 1.87. The Bertz CT molecular complexity index is 831. The fourth-order valence-corrected chi connectivity index (χ4v) is 3.47. The summed E-state index contributed by atoms with van der Waals surface area (Å²) < 4.78 is 8.19. The van der Waals surface area contributed by atoms with Crippen LogP contribution in [0.4, 0.5) is 10.8 Å². The van der Waals surface area contributed by atoms with E-state index in [2.05, 4.69) is 19.0 Å². The third-order valence-electron chi connectivity index (χ3n) is 2.62. The van der Waals surface area contributed by atoms with Crippen molar-refractivity contribution in [1.82, 2.24) is 13.7 Å². The number of nitrogens with zero attached hydrogens (tertiary/aromatic N) is 3. The number of hydrogen-bond acceptors (Lipinski definition) is 7. The Morgan fingerprint density at radius 2 is 2.05 bits per heavy atom. The van der Waals surface area contributed by atoms with Crippen molar-refractivity contribution in [3.05, 3.63) is 27.2 Å². The molecule has 0 fully saturated rings. The Morgan fingerprint density at radius 1 is 1.29 bits per heavy atom. The number of nitrogen functional groups attached to an aromatic ring is 1. The summed E-state index contributed by atoms with van der Waals surface area (Å²) >= 11 is 14.4. The molecular formula is C11H7Cl2N5OS2. The highest BCUT2D eigenvalue weighted by Crippen LogP contribution is 2.35. The molecule has 1 aromatic carbocycles. The van der Waals surface area contributed by atoms with Crippen LogP contribution < -0.4 is 11.1 Å². The number of rotatable bonds is 3. The molecule has 0 saturated heterocycles. The lowest BCUT2D eigenvalue weighted by Gasteiger charge is -2.07. The zero-order valence-corrected chi connectivity index (χ0v) is 13.4. The maximum atomic E-state index is 12.1. The molecule has 0 aliphatic heterocycles. The first-order valence-electron chi connectivity index (χ1n) is 5.64. The molecule has 3 aromatic rings. The van der Waals surface area contributed by atoms with E-state index in [1.807, 2.05) is 0 Å². The van der Waals surface area contributed by atoms with Crippen molar-refractivity contribution in [1.29, 1.82) is 0 Å². The monoisotopic (exact) mass is 359 g/mol. The largest absolute Gasteiger partial charge is 0.375 e. The van der Waals surface area contributed by atoms with Crippen LogP contribution in [-0.2, 0) is 11.2 Å². The van der Waals surface area contributed by atoms with E-state index in [4.69, 9.17) is 28.9 Å². The number of hydrogen-bond donors (Lipinski definition) is 2. The van der Waals surface area contributed by atoms with Crippen LogP contribution in [0.25, 0.3) is 11.0 Å². The van der Waals surface area contributed by atoms with Gasteiger partial charge in [0.2, 0.25) is 5.91 Å². The minimum absolute atomic E-state index is 0.103. The summed E-state index contributed by atoms with van der Waals surface area (Å²) in [7, 11) is 0. The number of carbonyl (C=O) groups excluding carboxylic acids is 1. The lowest BCUT2D eigenvalue weighted by molar-refractivity contribution is -0.115. The van der Waals surface area contributed by atoms with Crippen LogP contribution in [0.15, 0.2) is 11.4 Å². The normalized spacial score (nSPS) is 11.0. The van der Waals surface area contributed by atoms with E-state index >= 15 is 0 Å². The molecular weight excluding hydrogens is 353 g/mol. The van der Waals surface area contributed by atoms with E-state index in [1.165, 1.54) is 17.4 Å². The second kappa shape index (κ2) is 5.72. The summed E-state index contributed by atoms with van der Waals surface area (Å²) in [6.07, 6.45) is 0.103. The van der Waals surface area contributed by atoms with E-state index in [1.54, 1.807) is 5.38 Å². The van der Waals surface area contributed by atoms with Gasteiger partial charge in [-0.1, -0.05) is 23.2 Å². The molecule has 0 atom stereocenters. The van der Waals surface area contributed by atoms with Crippen LogP contribution in [0.2, 0.25) is 10.0 Å². The van der Waals surface area contributed by atoms with Gasteiger partial charge in [0, 0.05) is 5.38 Å². The molecule has 3 rings (SSSR count). The number of anilines is 2. The number of nitrogens with two attached hydrogens (primary N) is 1. The van der Waals surface area contributed by atoms with Gasteiger partial charge in [-0.2, -0.15) is 8.75 Å². The average Bonchev–Trinajstić information content (AvgIpc) is 3.04. The molecule has 10 heteroatoms. The molecule has 1 amide bonds. The number of amides is 1. The third-order valence-corrected chi connectivity index (χ3v) is 4.46. The van der Waals surface area contributed by atoms with Crippen molar-refractivity contribution in [2.45, 2.75) is 6.42 Å². The number of benzene rings is 1. The van der Waals surface area contributed by atoms with Crippen molar-refractivity contribution in [2.75, 3.05) is 11.1 Å². The lowest BCUT2D eigenvalue weighted by atomic mass is 10.2. The molecule has 0 aliphatic rings. The highest BCUT2D eigenvalue weighted by atomic mass is 35.5. The Labute approximate surface area is 137 Å². The molecule has 2 aromatic heterocycles. The first-order chi connectivity index (χ1) is 10.0. The number of nitrogens with one attached hydrogen (secondary N) is 1. The first kappa shape index (κ1) is 14.5. The maximum Gasteiger partial charge on any atom is 0.230 e. The van der Waals surface area contributed by atoms with Crippen LogP contribution in [0.1, 0.15) is 5.69 Å². The number of fused-ring (bicyclic) bond motifs is 1. The van der Waals surface area contributed by atoms with Gasteiger partial charge in [0.25, 0.3) is 0 Å². The molecule has 0 saturated carbocycles. The van der Waals surface area contributed by atoms with E-state index in [0.717, 1.165) is 11.7 Å². The molecule has 6 nitrogen and oxygen atoms in total. The van der Waals surface area contributed by atoms with Gasteiger partial charge in [0.15, 0.2) is 5.13 Å². The topological polar surface area (TPSA) is 93.8 Å². The highest BCUT2D eigenvalue weighted by molar-refractivity contribution is 7.13. The standard InChI is InChI=1S/C11H7Cl2N5OS2/c12-5-2-6(13)9-10(18-21-17-9)8(5)16-7(19)1-4-3-20-11(14)15-4/h2-3H,1H2,(H2,14,15)(H,16,19). The molecule has 21 heavy (non-hydrogen) atoms. The van der Waals surface area contributed by atoms with E-state index in [9.17, 15) is 4.79 Å². The Morgan fingerprint density at radius 3 is 2.76 bits per heavy atom. The van der Waals surface area contributed by atoms with Gasteiger partial charge < -0.3 is 11.1 Å². The zero-order valence-electron chi connectivity index (χ0n) is 10.3. The number of halogens is 2. The van der Waals surface area contributed by atoms with E-state index in [0.29, 0.717) is 37.6 Å². The van der Waals surface area contributed by atoms with E-state index < -0.39 is 0 Å². The van der Waals surface area contributed by atoms with Crippen LogP contribution >= 0.6 is 46.3 Å². The van der Waals surface area contributed by atoms with Crippen molar-refractivity contribution >= 4 is 74.0 Å². The maximum absolute atomic E-state index is 12.1. The predicted molar refractivity (Wildman–Crippen MR) is 86.3 cm³/mol. The Kier molecular flexibility index (Phi) is 3.94. The molecule has 2 heterocycles. The number of thiazole rings is 1. The lowest BCUT2D eigenvalue weighted by Crippen LogP contribution is -2.15. The average molecular weight is 360 g/mol. The SMILES string of the molecule is Nc1nc(CC(=O)Nc2c(Cl)cc(Cl)c3nsnc23)cs1. The van der Waals surface area contributed by atoms with Gasteiger partial charge in [-0.25, -0.2) is 4.98 Å². The van der Waals surface area contributed by atoms with Crippen molar-refractivity contribution < 1.29 is 4.79 Å². The zero-order chi connectivity index (χ0) is 15.0. The minimum atomic E-state index is -0.265. The summed E-state index contributed by atoms with van der Waals surface area (Å²) in [4.78, 5) is 16.1. The van der Waals surface area contributed by atoms with Crippen molar-refractivity contribution in [3.8, 4) is 0 Å². The summed E-state index contributed by atoms with van der Waals surface area (Å²) in [5.41, 5.74) is 7.53. The number of carbonyl (C=O) groups is 1. The molecule has 0 radical (unpaired) electrons. The number of aromatic nitrogens is 3. The minimum Gasteiger partial charge on any atom is -0.375 e. The molecule has 0 spiro atoms. The summed E-state index contributed by atoms with van der Waals surface area (Å²) in [6, 6.07) is 1.53. The summed E-state index contributed by atoms with van der Waals surface area (Å²) in [5, 5.41) is 5.59. The smallest absolute Gasteiger partial charge is 0.230 e. The Hall–Kier alpha value is -1.48. The second-order valence-electron chi connectivity index (χ2n) is 4.08. The molecule has 108 valence electrons. The predicted octanol–water partition coefficient (Wildman–Crippen LogP) is 3.22. The van der Waals surface area contributed by atoms with Crippen LogP contribution in [0.3, 0.4) is 0 Å². The molecule has 3 N–H and O–H groups in total. The van der Waals surface area contributed by atoms with Crippen molar-refractivity contribution in [3.63, 3.8) is 0 Å². The van der Waals surface area contributed by atoms with Gasteiger partial charge in [-0.05, 0) is 6.07 Å². The van der Waals surface area contributed by atoms with Gasteiger partial charge in [0.1, 0.15) is 11.0 Å². The summed E-state index contributed by atoms with van der Waals surface area (Å²) in [5.74, 6) is -0.265. The fraction of sp³-hybridized carbons (Fsp3) is 0.0909. The van der Waals surface area contributed by atoms with Crippen LogP contribution in [-0.4, -0.2) is 19.6 Å². The van der Waals surface area contributed by atoms with Crippen molar-refractivity contribution in [2.24, 2.45) is 0 Å². The van der Waals surface area contributed by atoms with Gasteiger partial charge in [-0.3, -0.25) is 4.79 Å². The second-order valence-corrected chi connectivity index (χ2v) is 6.31. The van der Waals surface area contributed by atoms with Gasteiger partial charge in [-0.15, -0.1) is 11.3 Å². The third kappa shape index (κ3) is 2.93. The van der Waals surface area contributed by atoms with Crippen LogP contribution in [0, 0.1) is 0 Å². The molecule has 0 aliphatic carbocycles. The first-order valence-corrected chi connectivity index (χ1v) is 8.01. The highest BCUT2D eigenvalue weighted by Gasteiger charge is 2.16. The fourth-order valence-electron chi connectivity index (χ4n) is 1.75. The summed E-state index contributed by atoms with van der Waals surface area (Å²) in [6.45, 7) is 0. The molecule has 0 bridgehead atoms. The quantitative estimate of drug-likeness (QED) is 0.748. The van der Waals surface area contributed by atoms with Crippen LogP contribution in [0.5, 0.6) is 0 Å². The van der Waals surface area contributed by atoms with Gasteiger partial charge >= 0.3 is 0 Å². The van der Waals surface area contributed by atoms with Gasteiger partial charge in [0.05, 0.1) is 39.6 Å². The molecule has 0 unspecified atom stereocenters. The van der Waals surface area contributed by atoms with E-state index in [-0.39, 0.29) is 12.3 Å².